The molecule has 0 aliphatic rings. The maximum absolute atomic E-state index is 14.2. The van der Waals surface area contributed by atoms with Crippen molar-refractivity contribution in [3.63, 3.8) is 0 Å². The third kappa shape index (κ3) is 7.67. The molecule has 2 amide bonds. The summed E-state index contributed by atoms with van der Waals surface area (Å²) in [6, 6.07) is 18.3. The van der Waals surface area contributed by atoms with Gasteiger partial charge in [0.25, 0.3) is 10.0 Å². The Bertz CT molecular complexity index is 1470. The number of sulfonamides is 1. The minimum absolute atomic E-state index is 0.0840. The number of hydrogen-bond donors (Lipinski definition) is 1. The zero-order chi connectivity index (χ0) is 30.3. The third-order valence-electron chi connectivity index (χ3n) is 7.04. The Balaban J connectivity index is 2.11. The highest BCUT2D eigenvalue weighted by Crippen LogP contribution is 2.29. The summed E-state index contributed by atoms with van der Waals surface area (Å²) >= 11 is 0. The lowest BCUT2D eigenvalue weighted by Crippen LogP contribution is -2.53. The lowest BCUT2D eigenvalue weighted by atomic mass is 10.1. The van der Waals surface area contributed by atoms with Crippen LogP contribution in [0.15, 0.2) is 71.6 Å². The van der Waals surface area contributed by atoms with Crippen LogP contribution in [0.2, 0.25) is 0 Å². The Kier molecular flexibility index (Phi) is 10.6. The number of carbonyl (C=O) groups excluding carboxylic acids is 2. The molecule has 0 heterocycles. The second-order valence-corrected chi connectivity index (χ2v) is 12.4. The van der Waals surface area contributed by atoms with Gasteiger partial charge in [-0.05, 0) is 88.1 Å². The smallest absolute Gasteiger partial charge is 0.264 e. The molecular formula is C32H41N3O5S. The summed E-state index contributed by atoms with van der Waals surface area (Å²) in [6.45, 7) is 10.8. The van der Waals surface area contributed by atoms with Crippen molar-refractivity contribution in [1.29, 1.82) is 0 Å². The van der Waals surface area contributed by atoms with Crippen molar-refractivity contribution in [1.82, 2.24) is 10.2 Å². The van der Waals surface area contributed by atoms with Crippen molar-refractivity contribution < 1.29 is 22.7 Å². The average molecular weight is 580 g/mol. The quantitative estimate of drug-likeness (QED) is 0.320. The predicted octanol–water partition coefficient (Wildman–Crippen LogP) is 5.15. The zero-order valence-electron chi connectivity index (χ0n) is 25.0. The van der Waals surface area contributed by atoms with E-state index in [2.05, 4.69) is 5.32 Å². The van der Waals surface area contributed by atoms with Crippen molar-refractivity contribution in [3.05, 3.63) is 89.0 Å². The van der Waals surface area contributed by atoms with Gasteiger partial charge >= 0.3 is 0 Å². The van der Waals surface area contributed by atoms with Crippen molar-refractivity contribution in [2.24, 2.45) is 0 Å². The Hall–Kier alpha value is -3.85. The molecule has 0 aliphatic carbocycles. The van der Waals surface area contributed by atoms with Crippen molar-refractivity contribution >= 4 is 27.5 Å². The number of anilines is 1. The normalized spacial score (nSPS) is 12.1. The van der Waals surface area contributed by atoms with Gasteiger partial charge in [-0.3, -0.25) is 13.9 Å². The maximum atomic E-state index is 14.2. The largest absolute Gasteiger partial charge is 0.497 e. The number of aryl methyl sites for hydroxylation is 2. The van der Waals surface area contributed by atoms with E-state index < -0.39 is 28.5 Å². The molecular weight excluding hydrogens is 538 g/mol. The number of ether oxygens (including phenoxy) is 1. The minimum Gasteiger partial charge on any atom is -0.497 e. The van der Waals surface area contributed by atoms with Crippen molar-refractivity contribution in [3.8, 4) is 5.75 Å². The summed E-state index contributed by atoms with van der Waals surface area (Å²) in [5.41, 5.74) is 3.74. The Morgan fingerprint density at radius 1 is 0.951 bits per heavy atom. The average Bonchev–Trinajstić information content (AvgIpc) is 2.93. The molecule has 0 radical (unpaired) electrons. The molecule has 0 spiro atoms. The third-order valence-corrected chi connectivity index (χ3v) is 8.81. The first-order chi connectivity index (χ1) is 19.4. The molecule has 0 aromatic heterocycles. The van der Waals surface area contributed by atoms with E-state index in [0.29, 0.717) is 17.9 Å². The Morgan fingerprint density at radius 2 is 1.61 bits per heavy atom. The molecule has 3 aromatic carbocycles. The van der Waals surface area contributed by atoms with Crippen molar-refractivity contribution in [2.45, 2.75) is 71.5 Å². The van der Waals surface area contributed by atoms with Gasteiger partial charge in [0.05, 0.1) is 17.7 Å². The number of methoxy groups -OCH3 is 1. The number of carbonyl (C=O) groups is 2. The van der Waals surface area contributed by atoms with Gasteiger partial charge in [0.2, 0.25) is 11.8 Å². The van der Waals surface area contributed by atoms with Crippen LogP contribution in [0.5, 0.6) is 5.75 Å². The monoisotopic (exact) mass is 579 g/mol. The van der Waals surface area contributed by atoms with E-state index in [4.69, 9.17) is 4.74 Å². The number of benzene rings is 3. The fraction of sp³-hybridized carbons (Fsp3) is 0.375. The summed E-state index contributed by atoms with van der Waals surface area (Å²) < 4.78 is 34.7. The summed E-state index contributed by atoms with van der Waals surface area (Å²) in [6.07, 6.45) is 0.350. The molecule has 3 rings (SSSR count). The highest BCUT2D eigenvalue weighted by molar-refractivity contribution is 7.92. The lowest BCUT2D eigenvalue weighted by Gasteiger charge is -2.34. The fourth-order valence-corrected chi connectivity index (χ4v) is 6.10. The van der Waals surface area contributed by atoms with E-state index in [-0.39, 0.29) is 23.4 Å². The molecule has 0 unspecified atom stereocenters. The molecule has 0 fully saturated rings. The molecule has 3 aromatic rings. The zero-order valence-corrected chi connectivity index (χ0v) is 25.8. The van der Waals surface area contributed by atoms with Crippen LogP contribution in [-0.2, 0) is 26.2 Å². The number of nitrogens with one attached hydrogen (secondary N) is 1. The van der Waals surface area contributed by atoms with Gasteiger partial charge in [-0.1, -0.05) is 48.9 Å². The minimum atomic E-state index is -4.13. The SMILES string of the molecule is CC[C@@H](C(=O)NC(C)C)N(Cc1cccc(OC)c1)C(=O)CN(c1cccc(C)c1C)S(=O)(=O)c1ccc(C)cc1. The van der Waals surface area contributed by atoms with Crippen molar-refractivity contribution in [2.75, 3.05) is 18.0 Å². The predicted molar refractivity (Wildman–Crippen MR) is 163 cm³/mol. The maximum Gasteiger partial charge on any atom is 0.264 e. The standard InChI is InChI=1S/C32H41N3O5S/c1-8-29(32(37)33-22(2)3)34(20-26-12-10-13-27(19-26)40-7)31(36)21-35(30-14-9-11-24(5)25(30)6)41(38,39)28-17-15-23(4)16-18-28/h9-19,22,29H,8,20-21H2,1-7H3,(H,33,37)/t29-/m0/s1. The van der Waals surface area contributed by atoms with Gasteiger partial charge in [0.15, 0.2) is 0 Å². The molecule has 0 saturated heterocycles. The Labute approximate surface area is 244 Å². The first kappa shape index (κ1) is 31.7. The topological polar surface area (TPSA) is 96.0 Å². The molecule has 1 atom stereocenters. The number of hydrogen-bond acceptors (Lipinski definition) is 5. The first-order valence-electron chi connectivity index (χ1n) is 13.8. The number of nitrogens with zero attached hydrogens (tertiary/aromatic N) is 2. The van der Waals surface area contributed by atoms with E-state index in [1.54, 1.807) is 55.6 Å². The molecule has 0 bridgehead atoms. The van der Waals surface area contributed by atoms with Gasteiger partial charge in [0, 0.05) is 12.6 Å². The Morgan fingerprint density at radius 3 is 2.22 bits per heavy atom. The molecule has 41 heavy (non-hydrogen) atoms. The lowest BCUT2D eigenvalue weighted by molar-refractivity contribution is -0.140. The highest BCUT2D eigenvalue weighted by atomic mass is 32.2. The van der Waals surface area contributed by atoms with Crippen LogP contribution in [0.25, 0.3) is 0 Å². The van der Waals surface area contributed by atoms with Crippen LogP contribution in [0.3, 0.4) is 0 Å². The van der Waals surface area contributed by atoms with Crippen LogP contribution in [0.4, 0.5) is 5.69 Å². The first-order valence-corrected chi connectivity index (χ1v) is 15.2. The second-order valence-electron chi connectivity index (χ2n) is 10.5. The van der Waals surface area contributed by atoms with Crippen LogP contribution < -0.4 is 14.4 Å². The van der Waals surface area contributed by atoms with Crippen LogP contribution in [0, 0.1) is 20.8 Å². The van der Waals surface area contributed by atoms with E-state index in [0.717, 1.165) is 26.6 Å². The fourth-order valence-electron chi connectivity index (χ4n) is 4.62. The summed E-state index contributed by atoms with van der Waals surface area (Å²) in [5.74, 6) is -0.165. The van der Waals surface area contributed by atoms with Crippen LogP contribution >= 0.6 is 0 Å². The number of rotatable bonds is 12. The van der Waals surface area contributed by atoms with Gasteiger partial charge in [-0.15, -0.1) is 0 Å². The summed E-state index contributed by atoms with van der Waals surface area (Å²) in [4.78, 5) is 29.1. The van der Waals surface area contributed by atoms with Gasteiger partial charge in [0.1, 0.15) is 18.3 Å². The molecule has 1 N–H and O–H groups in total. The van der Waals surface area contributed by atoms with E-state index >= 15 is 0 Å². The van der Waals surface area contributed by atoms with E-state index in [1.807, 2.05) is 59.7 Å². The molecule has 220 valence electrons. The van der Waals surface area contributed by atoms with Gasteiger partial charge < -0.3 is 15.0 Å². The summed E-state index contributed by atoms with van der Waals surface area (Å²) in [7, 11) is -2.57. The molecule has 0 aliphatic heterocycles. The van der Waals surface area contributed by atoms with Crippen LogP contribution in [-0.4, -0.2) is 50.9 Å². The van der Waals surface area contributed by atoms with E-state index in [1.165, 1.54) is 4.90 Å². The molecule has 9 heteroatoms. The van der Waals surface area contributed by atoms with Gasteiger partial charge in [-0.2, -0.15) is 0 Å². The highest BCUT2D eigenvalue weighted by Gasteiger charge is 2.34. The van der Waals surface area contributed by atoms with Crippen LogP contribution in [0.1, 0.15) is 49.4 Å². The molecule has 0 saturated carbocycles. The number of amides is 2. The van der Waals surface area contributed by atoms with Gasteiger partial charge in [-0.25, -0.2) is 8.42 Å². The second kappa shape index (κ2) is 13.7. The molecule has 8 nitrogen and oxygen atoms in total. The van der Waals surface area contributed by atoms with E-state index in [9.17, 15) is 18.0 Å². The summed E-state index contributed by atoms with van der Waals surface area (Å²) in [5, 5.41) is 2.91.